The Balaban J connectivity index is 0.000000141. The van der Waals surface area contributed by atoms with Gasteiger partial charge in [-0.1, -0.05) is 127 Å². The Bertz CT molecular complexity index is 4020. The van der Waals surface area contributed by atoms with Crippen LogP contribution in [-0.4, -0.2) is 64.4 Å². The molecule has 0 fully saturated rings. The fourth-order valence-electron chi connectivity index (χ4n) is 9.30. The predicted octanol–water partition coefficient (Wildman–Crippen LogP) is 12.2. The minimum absolute atomic E-state index is 0.412. The molecule has 0 spiro atoms. The number of nitrogens with zero attached hydrogens (tertiary/aromatic N) is 4. The van der Waals surface area contributed by atoms with Crippen LogP contribution in [0.15, 0.2) is 237 Å². The van der Waals surface area contributed by atoms with Crippen LogP contribution in [0.25, 0.3) is 43.2 Å². The van der Waals surface area contributed by atoms with E-state index in [0.717, 1.165) is 94.0 Å². The molecule has 0 aliphatic carbocycles. The van der Waals surface area contributed by atoms with Gasteiger partial charge < -0.3 is 21.3 Å². The number of carbonyl (C=O) groups excluding carboxylic acids is 4. The summed E-state index contributed by atoms with van der Waals surface area (Å²) in [6.45, 7) is 4.45. The second kappa shape index (κ2) is 30.9. The SMILES string of the molecule is Cc1ccc2cccc(NCc3ccc(C(=O)NO)cc3)c2n1.O=C(NO)c1ccc(CNc2cccc3ccncc23)cc1.O=C(NO)c1ccc(CNc2cncc3ccccc23)cc1.O=C(NO)c1ccc(CNc2nccc3ccccc23)cc1. The van der Waals surface area contributed by atoms with E-state index in [2.05, 4.69) is 47.3 Å². The van der Waals surface area contributed by atoms with Crippen molar-refractivity contribution in [1.82, 2.24) is 41.9 Å². The van der Waals surface area contributed by atoms with E-state index in [1.807, 2.05) is 171 Å². The molecule has 12 aromatic rings. The Labute approximate surface area is 511 Å². The molecule has 446 valence electrons. The van der Waals surface area contributed by atoms with E-state index in [1.54, 1.807) is 89.0 Å². The van der Waals surface area contributed by atoms with E-state index in [9.17, 15) is 19.2 Å². The highest BCUT2D eigenvalue weighted by Gasteiger charge is 2.10. The highest BCUT2D eigenvalue weighted by Crippen LogP contribution is 2.26. The number of rotatable bonds is 16. The van der Waals surface area contributed by atoms with Gasteiger partial charge in [0.15, 0.2) is 0 Å². The molecule has 0 saturated carbocycles. The lowest BCUT2D eigenvalue weighted by Gasteiger charge is -2.10. The smallest absolute Gasteiger partial charge is 0.274 e. The number of benzene rings is 8. The summed E-state index contributed by atoms with van der Waals surface area (Å²) in [6, 6.07) is 64.3. The van der Waals surface area contributed by atoms with Gasteiger partial charge in [0, 0.05) is 112 Å². The van der Waals surface area contributed by atoms with Crippen molar-refractivity contribution in [3.05, 3.63) is 287 Å². The Hall–Kier alpha value is -11.7. The highest BCUT2D eigenvalue weighted by molar-refractivity contribution is 5.97. The minimum Gasteiger partial charge on any atom is -0.380 e. The van der Waals surface area contributed by atoms with Gasteiger partial charge in [0.1, 0.15) is 5.82 Å². The summed E-state index contributed by atoms with van der Waals surface area (Å²) in [5.41, 5.74) is 17.1. The molecule has 20 nitrogen and oxygen atoms in total. The molecule has 0 atom stereocenters. The first-order valence-corrected chi connectivity index (χ1v) is 28.0. The van der Waals surface area contributed by atoms with Crippen molar-refractivity contribution in [3.63, 3.8) is 0 Å². The minimum atomic E-state index is -0.518. The van der Waals surface area contributed by atoms with Crippen LogP contribution >= 0.6 is 0 Å². The second-order valence-electron chi connectivity index (χ2n) is 20.0. The van der Waals surface area contributed by atoms with Crippen molar-refractivity contribution >= 4 is 89.7 Å². The molecule has 4 heterocycles. The standard InChI is InChI=1S/C18H17N3O2.3C17H15N3O2/c1-12-5-8-14-3-2-4-16(17(14)20-12)19-11-13-6-9-15(10-7-13)18(22)21-23;21-17(20-22)14-6-4-12(5-7-14)10-19-16-3-1-2-13-8-9-18-11-15(13)16;21-17(20-22)13-7-5-12(6-8-13)9-19-16-11-18-10-14-3-1-2-4-15(14)16;21-17(20-22)14-7-5-12(6-8-14)11-19-16-15-4-2-1-3-13(15)9-10-18-16/h2-10,19,23H,11H2,1H3,(H,21,22);1-9,11,19,22H,10H2,(H,20,21);1-8,10-11,19,22H,9H2,(H,20,21);1-10,22H,11H2,(H,18,19)(H,20,21). The van der Waals surface area contributed by atoms with Gasteiger partial charge in [-0.15, -0.1) is 0 Å². The Morgan fingerprint density at radius 3 is 1.31 bits per heavy atom. The first kappa shape index (κ1) is 61.9. The highest BCUT2D eigenvalue weighted by atomic mass is 16.5. The second-order valence-corrected chi connectivity index (χ2v) is 20.0. The van der Waals surface area contributed by atoms with Gasteiger partial charge >= 0.3 is 0 Å². The number of aromatic nitrogens is 4. The molecule has 8 aromatic carbocycles. The number of carbonyl (C=O) groups is 4. The van der Waals surface area contributed by atoms with E-state index in [-0.39, 0.29) is 0 Å². The number of para-hydroxylation sites is 1. The maximum absolute atomic E-state index is 11.3. The van der Waals surface area contributed by atoms with Crippen LogP contribution in [0.4, 0.5) is 22.9 Å². The third-order valence-electron chi connectivity index (χ3n) is 14.1. The molecule has 12 N–H and O–H groups in total. The van der Waals surface area contributed by atoms with Crippen molar-refractivity contribution in [1.29, 1.82) is 0 Å². The van der Waals surface area contributed by atoms with Crippen LogP contribution in [-0.2, 0) is 26.2 Å². The number of fused-ring (bicyclic) bond motifs is 4. The van der Waals surface area contributed by atoms with Crippen LogP contribution in [0.1, 0.15) is 69.4 Å². The van der Waals surface area contributed by atoms with Gasteiger partial charge in [0.2, 0.25) is 0 Å². The monoisotopic (exact) mass is 1190 g/mol. The summed E-state index contributed by atoms with van der Waals surface area (Å²) in [6.07, 6.45) is 9.03. The van der Waals surface area contributed by atoms with Gasteiger partial charge in [-0.3, -0.25) is 55.0 Å². The number of hydroxylamine groups is 4. The number of aryl methyl sites for hydroxylation is 1. The van der Waals surface area contributed by atoms with Crippen molar-refractivity contribution in [2.24, 2.45) is 0 Å². The molecule has 0 radical (unpaired) electrons. The molecule has 0 bridgehead atoms. The number of hydrogen-bond donors (Lipinski definition) is 12. The summed E-state index contributed by atoms with van der Waals surface area (Å²) in [5, 5.41) is 55.5. The number of amides is 4. The molecule has 12 rings (SSSR count). The molecule has 4 amide bonds. The maximum atomic E-state index is 11.3. The predicted molar refractivity (Wildman–Crippen MR) is 344 cm³/mol. The molecule has 0 unspecified atom stereocenters. The van der Waals surface area contributed by atoms with E-state index in [4.69, 9.17) is 20.8 Å². The molecule has 4 aromatic heterocycles. The number of hydrogen-bond acceptors (Lipinski definition) is 16. The molecule has 0 aliphatic rings. The van der Waals surface area contributed by atoms with Crippen molar-refractivity contribution in [2.45, 2.75) is 33.1 Å². The van der Waals surface area contributed by atoms with Gasteiger partial charge in [-0.05, 0) is 119 Å². The van der Waals surface area contributed by atoms with E-state index in [1.165, 1.54) is 0 Å². The molecular weight excluding hydrogens is 1120 g/mol. The van der Waals surface area contributed by atoms with Crippen molar-refractivity contribution in [2.75, 3.05) is 21.3 Å². The first-order valence-electron chi connectivity index (χ1n) is 28.0. The number of nitrogens with one attached hydrogen (secondary N) is 8. The number of pyridine rings is 4. The summed E-state index contributed by atoms with van der Waals surface area (Å²) >= 11 is 0. The van der Waals surface area contributed by atoms with Gasteiger partial charge in [-0.2, -0.15) is 0 Å². The zero-order valence-electron chi connectivity index (χ0n) is 48.1. The lowest BCUT2D eigenvalue weighted by Crippen LogP contribution is -2.18. The van der Waals surface area contributed by atoms with Crippen LogP contribution < -0.4 is 43.2 Å². The lowest BCUT2D eigenvalue weighted by molar-refractivity contribution is 0.0702. The fraction of sp³-hybridized carbons (Fsp3) is 0.0725. The van der Waals surface area contributed by atoms with Gasteiger partial charge in [0.25, 0.3) is 23.6 Å². The fourth-order valence-corrected chi connectivity index (χ4v) is 9.30. The van der Waals surface area contributed by atoms with E-state index in [0.29, 0.717) is 48.4 Å². The molecule has 20 heteroatoms. The number of anilines is 4. The summed E-state index contributed by atoms with van der Waals surface area (Å²) < 4.78 is 0. The van der Waals surface area contributed by atoms with Crippen molar-refractivity contribution in [3.8, 4) is 0 Å². The average molecular weight is 1190 g/mol. The van der Waals surface area contributed by atoms with Crippen LogP contribution in [0.5, 0.6) is 0 Å². The zero-order valence-corrected chi connectivity index (χ0v) is 48.1. The average Bonchev–Trinajstić information content (AvgIpc) is 2.74. The molecule has 89 heavy (non-hydrogen) atoms. The summed E-state index contributed by atoms with van der Waals surface area (Å²) in [5.74, 6) is -1.24. The van der Waals surface area contributed by atoms with Gasteiger partial charge in [0.05, 0.1) is 23.1 Å². The quantitative estimate of drug-likeness (QED) is 0.0316. The third-order valence-corrected chi connectivity index (χ3v) is 14.1. The Kier molecular flexibility index (Phi) is 21.5. The molecular formula is C69H62N12O8. The summed E-state index contributed by atoms with van der Waals surface area (Å²) in [7, 11) is 0. The van der Waals surface area contributed by atoms with Crippen LogP contribution in [0.2, 0.25) is 0 Å². The zero-order chi connectivity index (χ0) is 62.3. The lowest BCUT2D eigenvalue weighted by atomic mass is 10.1. The van der Waals surface area contributed by atoms with Gasteiger partial charge in [-0.25, -0.2) is 26.9 Å². The topological polar surface area (TPSA) is 297 Å². The van der Waals surface area contributed by atoms with E-state index >= 15 is 0 Å². The largest absolute Gasteiger partial charge is 0.380 e. The Morgan fingerprint density at radius 2 is 0.775 bits per heavy atom. The van der Waals surface area contributed by atoms with E-state index < -0.39 is 23.6 Å². The molecule has 0 aliphatic heterocycles. The van der Waals surface area contributed by atoms with Crippen molar-refractivity contribution < 1.29 is 40.0 Å². The summed E-state index contributed by atoms with van der Waals surface area (Å²) in [4.78, 5) is 62.5. The third kappa shape index (κ3) is 16.8. The Morgan fingerprint density at radius 1 is 0.348 bits per heavy atom. The molecule has 0 saturated heterocycles. The first-order chi connectivity index (χ1) is 43.5. The normalized spacial score (nSPS) is 10.4. The van der Waals surface area contributed by atoms with Crippen LogP contribution in [0, 0.1) is 6.92 Å². The van der Waals surface area contributed by atoms with Crippen LogP contribution in [0.3, 0.4) is 0 Å². The maximum Gasteiger partial charge on any atom is 0.274 e.